The first-order chi connectivity index (χ1) is 23.7. The van der Waals surface area contributed by atoms with E-state index in [2.05, 4.69) is 10.3 Å². The van der Waals surface area contributed by atoms with Gasteiger partial charge < -0.3 is 15.0 Å². The van der Waals surface area contributed by atoms with Gasteiger partial charge in [-0.15, -0.1) is 11.8 Å². The van der Waals surface area contributed by atoms with E-state index in [-0.39, 0.29) is 58.1 Å². The zero-order valence-corrected chi connectivity index (χ0v) is 28.7. The van der Waals surface area contributed by atoms with Crippen LogP contribution >= 0.6 is 46.3 Å². The fraction of sp³-hybridized carbons (Fsp3) is 0.243. The Labute approximate surface area is 298 Å². The van der Waals surface area contributed by atoms with E-state index in [0.717, 1.165) is 44.0 Å². The molecule has 4 aromatic carbocycles. The Morgan fingerprint density at radius 1 is 0.878 bits per heavy atom. The third kappa shape index (κ3) is 5.02. The third-order valence-electron chi connectivity index (χ3n) is 10.5. The SMILES string of the molecule is O=C(COc1ccc(Cl)cc1[C@H]1c2sc(=O)[nH]c2SC2C1[C@H]1C[C@@H]2C2C(=O)N(c3ccc(Cl)cc3)C(=O)C21)Nc1ccc2ccccc2c1. The van der Waals surface area contributed by atoms with Crippen LogP contribution in [0.3, 0.4) is 0 Å². The van der Waals surface area contributed by atoms with Crippen LogP contribution in [0.5, 0.6) is 5.75 Å². The molecule has 1 saturated heterocycles. The van der Waals surface area contributed by atoms with Crippen LogP contribution < -0.4 is 19.8 Å². The normalized spacial score (nSPS) is 26.5. The number of ether oxygens (including phenoxy) is 1. The van der Waals surface area contributed by atoms with Crippen LogP contribution in [0.2, 0.25) is 10.0 Å². The highest BCUT2D eigenvalue weighted by molar-refractivity contribution is 8.00. The second kappa shape index (κ2) is 11.8. The standard InChI is InChI=1S/C37H27Cl2N3O5S2/c38-19-6-10-22(11-7-19)42-35(44)30-24-15-25(31(30)36(42)45)32-29(24)28(33-34(48-32)41-37(46)49-33)23-14-20(39)8-12-26(23)47-16-27(43)40-21-9-5-17-3-1-2-4-18(17)13-21/h1-14,24-25,28-32H,15-16H2,(H,40,43)(H,41,46)/t24-,25-,28-,29?,30?,31?,32?/m1/s1. The second-order valence-corrected chi connectivity index (χ2v) is 16.1. The fourth-order valence-corrected chi connectivity index (χ4v) is 11.9. The molecule has 0 spiro atoms. The fourth-order valence-electron chi connectivity index (χ4n) is 8.71. The number of fused-ring (bicyclic) bond motifs is 10. The Balaban J connectivity index is 1.04. The van der Waals surface area contributed by atoms with Crippen molar-refractivity contribution in [1.82, 2.24) is 4.98 Å². The summed E-state index contributed by atoms with van der Waals surface area (Å²) >= 11 is 15.5. The van der Waals surface area contributed by atoms with Crippen LogP contribution in [0.1, 0.15) is 22.8 Å². The summed E-state index contributed by atoms with van der Waals surface area (Å²) in [4.78, 5) is 59.0. The topological polar surface area (TPSA) is 109 Å². The average Bonchev–Trinajstić information content (AvgIpc) is 3.83. The van der Waals surface area contributed by atoms with Crippen LogP contribution in [0.15, 0.2) is 94.7 Å². The molecular weight excluding hydrogens is 701 g/mol. The predicted molar refractivity (Wildman–Crippen MR) is 192 cm³/mol. The van der Waals surface area contributed by atoms with E-state index in [1.54, 1.807) is 48.2 Å². The first kappa shape index (κ1) is 30.9. The molecule has 7 atom stereocenters. The third-order valence-corrected chi connectivity index (χ3v) is 13.6. The molecule has 4 aliphatic rings. The molecule has 2 aliphatic heterocycles. The van der Waals surface area contributed by atoms with Gasteiger partial charge in [-0.2, -0.15) is 0 Å². The smallest absolute Gasteiger partial charge is 0.305 e. The van der Waals surface area contributed by atoms with Crippen molar-refractivity contribution in [2.24, 2.45) is 29.6 Å². The molecule has 12 heteroatoms. The Hall–Kier alpha value is -4.09. The Bertz CT molecular complexity index is 2250. The van der Waals surface area contributed by atoms with Crippen LogP contribution in [-0.4, -0.2) is 34.6 Å². The number of halogens is 2. The maximum atomic E-state index is 14.1. The van der Waals surface area contributed by atoms with E-state index in [1.807, 2.05) is 48.5 Å². The number of carbonyl (C=O) groups excluding carboxylic acids is 3. The number of H-pyrrole nitrogens is 1. The van der Waals surface area contributed by atoms with E-state index in [9.17, 15) is 19.2 Å². The number of hydrogen-bond acceptors (Lipinski definition) is 7. The Kier molecular flexibility index (Phi) is 7.42. The van der Waals surface area contributed by atoms with Gasteiger partial charge in [0.05, 0.1) is 22.5 Å². The summed E-state index contributed by atoms with van der Waals surface area (Å²) in [7, 11) is 0. The van der Waals surface area contributed by atoms with Gasteiger partial charge in [-0.1, -0.05) is 64.9 Å². The number of carbonyl (C=O) groups is 3. The van der Waals surface area contributed by atoms with Crippen molar-refractivity contribution in [3.05, 3.63) is 115 Å². The highest BCUT2D eigenvalue weighted by Gasteiger charge is 2.69. The van der Waals surface area contributed by atoms with Crippen LogP contribution in [0, 0.1) is 29.6 Å². The molecule has 3 fully saturated rings. The first-order valence-corrected chi connectivity index (χ1v) is 18.4. The highest BCUT2D eigenvalue weighted by Crippen LogP contribution is 2.69. The molecule has 2 N–H and O–H groups in total. The molecule has 5 aromatic rings. The number of rotatable bonds is 6. The van der Waals surface area contributed by atoms with Crippen molar-refractivity contribution in [3.8, 4) is 5.75 Å². The van der Waals surface area contributed by atoms with E-state index >= 15 is 0 Å². The summed E-state index contributed by atoms with van der Waals surface area (Å²) in [5.74, 6) is -1.63. The number of thiazole rings is 1. The zero-order valence-electron chi connectivity index (χ0n) is 25.6. The zero-order chi connectivity index (χ0) is 33.6. The monoisotopic (exact) mass is 727 g/mol. The van der Waals surface area contributed by atoms with Gasteiger partial charge in [0.1, 0.15) is 5.75 Å². The number of benzene rings is 4. The van der Waals surface area contributed by atoms with Gasteiger partial charge in [-0.05, 0) is 89.5 Å². The predicted octanol–water partition coefficient (Wildman–Crippen LogP) is 7.59. The second-order valence-electron chi connectivity index (χ2n) is 13.0. The molecule has 246 valence electrons. The van der Waals surface area contributed by atoms with E-state index in [4.69, 9.17) is 27.9 Å². The van der Waals surface area contributed by atoms with E-state index in [1.165, 1.54) is 4.90 Å². The van der Waals surface area contributed by atoms with Gasteiger partial charge in [-0.3, -0.25) is 24.1 Å². The van der Waals surface area contributed by atoms with Crippen LogP contribution in [0.25, 0.3) is 10.8 Å². The quantitative estimate of drug-likeness (QED) is 0.175. The molecule has 8 nitrogen and oxygen atoms in total. The van der Waals surface area contributed by atoms with Crippen molar-refractivity contribution in [2.75, 3.05) is 16.8 Å². The van der Waals surface area contributed by atoms with Gasteiger partial charge >= 0.3 is 4.87 Å². The number of nitrogens with zero attached hydrogens (tertiary/aromatic N) is 1. The number of hydrogen-bond donors (Lipinski definition) is 2. The minimum atomic E-state index is -0.467. The number of amides is 3. The largest absolute Gasteiger partial charge is 0.483 e. The molecule has 49 heavy (non-hydrogen) atoms. The average molecular weight is 729 g/mol. The summed E-state index contributed by atoms with van der Waals surface area (Å²) in [6.45, 7) is -0.243. The van der Waals surface area contributed by atoms with Gasteiger partial charge in [0, 0.05) is 37.3 Å². The number of aromatic nitrogens is 1. The van der Waals surface area contributed by atoms with Gasteiger partial charge in [0.2, 0.25) is 11.8 Å². The summed E-state index contributed by atoms with van der Waals surface area (Å²) in [6, 6.07) is 25.8. The van der Waals surface area contributed by atoms with E-state index in [0.29, 0.717) is 27.2 Å². The molecule has 3 heterocycles. The molecule has 2 saturated carbocycles. The summed E-state index contributed by atoms with van der Waals surface area (Å²) in [6.07, 6.45) is 0.740. The Morgan fingerprint density at radius 2 is 1.61 bits per heavy atom. The number of imide groups is 1. The molecule has 9 rings (SSSR count). The van der Waals surface area contributed by atoms with Gasteiger partial charge in [-0.25, -0.2) is 0 Å². The van der Waals surface area contributed by atoms with Crippen molar-refractivity contribution in [2.45, 2.75) is 22.6 Å². The van der Waals surface area contributed by atoms with Gasteiger partial charge in [0.15, 0.2) is 6.61 Å². The molecule has 1 aromatic heterocycles. The number of thioether (sulfide) groups is 1. The lowest BCUT2D eigenvalue weighted by molar-refractivity contribution is -0.123. The van der Waals surface area contributed by atoms with Crippen molar-refractivity contribution < 1.29 is 19.1 Å². The number of nitrogens with one attached hydrogen (secondary N) is 2. The molecule has 2 aliphatic carbocycles. The lowest BCUT2D eigenvalue weighted by Crippen LogP contribution is -2.42. The van der Waals surface area contributed by atoms with Crippen LogP contribution in [0.4, 0.5) is 11.4 Å². The molecule has 2 bridgehead atoms. The summed E-state index contributed by atoms with van der Waals surface area (Å²) in [5.41, 5.74) is 1.95. The van der Waals surface area contributed by atoms with Crippen molar-refractivity contribution in [3.63, 3.8) is 0 Å². The maximum absolute atomic E-state index is 14.1. The van der Waals surface area contributed by atoms with Crippen molar-refractivity contribution in [1.29, 1.82) is 0 Å². The minimum absolute atomic E-state index is 0.0149. The lowest BCUT2D eigenvalue weighted by Gasteiger charge is -2.43. The highest BCUT2D eigenvalue weighted by atomic mass is 35.5. The molecule has 0 radical (unpaired) electrons. The maximum Gasteiger partial charge on any atom is 0.305 e. The first-order valence-electron chi connectivity index (χ1n) is 16.0. The molecule has 3 amide bonds. The lowest BCUT2D eigenvalue weighted by atomic mass is 9.68. The van der Waals surface area contributed by atoms with Crippen LogP contribution in [-0.2, 0) is 14.4 Å². The van der Waals surface area contributed by atoms with E-state index < -0.39 is 11.8 Å². The number of anilines is 2. The van der Waals surface area contributed by atoms with Crippen molar-refractivity contribution >= 4 is 86.2 Å². The van der Waals surface area contributed by atoms with Gasteiger partial charge in [0.25, 0.3) is 5.91 Å². The number of aromatic amines is 1. The molecular formula is C37H27Cl2N3O5S2. The summed E-state index contributed by atoms with van der Waals surface area (Å²) in [5, 5.41) is 6.79. The molecule has 4 unspecified atom stereocenters. The Morgan fingerprint density at radius 3 is 2.41 bits per heavy atom. The minimum Gasteiger partial charge on any atom is -0.483 e. The summed E-state index contributed by atoms with van der Waals surface area (Å²) < 4.78 is 6.23.